The third kappa shape index (κ3) is 3.28. The summed E-state index contributed by atoms with van der Waals surface area (Å²) in [6.45, 7) is 2.73. The molecule has 0 saturated carbocycles. The number of hydrogen-bond donors (Lipinski definition) is 0. The van der Waals surface area contributed by atoms with Crippen LogP contribution in [-0.2, 0) is 9.59 Å². The molecule has 5 nitrogen and oxygen atoms in total. The lowest BCUT2D eigenvalue weighted by Crippen LogP contribution is -2.08. The van der Waals surface area contributed by atoms with Crippen LogP contribution in [0.4, 0.5) is 0 Å². The second kappa shape index (κ2) is 5.48. The van der Waals surface area contributed by atoms with Gasteiger partial charge < -0.3 is 9.47 Å². The molecule has 1 aromatic carbocycles. The van der Waals surface area contributed by atoms with E-state index in [9.17, 15) is 9.59 Å². The molecule has 0 N–H and O–H groups in total. The van der Waals surface area contributed by atoms with Crippen molar-refractivity contribution in [3.8, 4) is 11.6 Å². The summed E-state index contributed by atoms with van der Waals surface area (Å²) in [6.07, 6.45) is 0. The number of pyridine rings is 1. The van der Waals surface area contributed by atoms with E-state index in [0.717, 1.165) is 5.39 Å². The molecule has 2 rings (SSSR count). The van der Waals surface area contributed by atoms with Crippen molar-refractivity contribution in [3.05, 3.63) is 30.3 Å². The zero-order valence-electron chi connectivity index (χ0n) is 10.7. The van der Waals surface area contributed by atoms with Crippen molar-refractivity contribution in [2.24, 2.45) is 0 Å². The van der Waals surface area contributed by atoms with Crippen LogP contribution in [0.1, 0.15) is 13.8 Å². The maximum absolute atomic E-state index is 11.0. The van der Waals surface area contributed by atoms with E-state index in [4.69, 9.17) is 9.47 Å². The monoisotopic (exact) mass is 259 g/mol. The predicted octanol–water partition coefficient (Wildman–Crippen LogP) is 2.13. The van der Waals surface area contributed by atoms with E-state index in [0.29, 0.717) is 17.1 Å². The molecule has 0 amide bonds. The molecular weight excluding hydrogens is 246 g/mol. The molecule has 0 atom stereocenters. The molecule has 5 heteroatoms. The highest BCUT2D eigenvalue weighted by Crippen LogP contribution is 2.26. The van der Waals surface area contributed by atoms with Gasteiger partial charge in [0.2, 0.25) is 5.88 Å². The first kappa shape index (κ1) is 13.0. The van der Waals surface area contributed by atoms with Crippen LogP contribution in [0.2, 0.25) is 0 Å². The average molecular weight is 259 g/mol. The van der Waals surface area contributed by atoms with Crippen LogP contribution < -0.4 is 9.47 Å². The SMILES string of the molecule is CC(=O)COc1ccc2cccc(OC(C)=O)c2n1. The number of ketones is 1. The van der Waals surface area contributed by atoms with Gasteiger partial charge in [0.25, 0.3) is 0 Å². The largest absolute Gasteiger partial charge is 0.470 e. The van der Waals surface area contributed by atoms with E-state index < -0.39 is 5.97 Å². The van der Waals surface area contributed by atoms with Crippen molar-refractivity contribution in [3.63, 3.8) is 0 Å². The Bertz CT molecular complexity index is 636. The summed E-state index contributed by atoms with van der Waals surface area (Å²) in [5.74, 6) is 0.195. The van der Waals surface area contributed by atoms with E-state index >= 15 is 0 Å². The second-order valence-corrected chi connectivity index (χ2v) is 4.06. The molecule has 0 aliphatic heterocycles. The summed E-state index contributed by atoms with van der Waals surface area (Å²) in [5.41, 5.74) is 0.527. The van der Waals surface area contributed by atoms with Crippen molar-refractivity contribution >= 4 is 22.7 Å². The van der Waals surface area contributed by atoms with Gasteiger partial charge in [-0.15, -0.1) is 0 Å². The topological polar surface area (TPSA) is 65.5 Å². The number of fused-ring (bicyclic) bond motifs is 1. The van der Waals surface area contributed by atoms with Crippen LogP contribution in [0.15, 0.2) is 30.3 Å². The van der Waals surface area contributed by atoms with Crippen molar-refractivity contribution in [2.75, 3.05) is 6.61 Å². The molecule has 0 fully saturated rings. The van der Waals surface area contributed by atoms with Crippen LogP contribution in [0.5, 0.6) is 11.6 Å². The van der Waals surface area contributed by atoms with Gasteiger partial charge in [-0.05, 0) is 19.1 Å². The maximum Gasteiger partial charge on any atom is 0.308 e. The third-order valence-electron chi connectivity index (χ3n) is 2.33. The van der Waals surface area contributed by atoms with Gasteiger partial charge in [0.05, 0.1) is 0 Å². The Morgan fingerprint density at radius 2 is 1.95 bits per heavy atom. The second-order valence-electron chi connectivity index (χ2n) is 4.06. The number of carbonyl (C=O) groups is 2. The molecule has 0 bridgehead atoms. The third-order valence-corrected chi connectivity index (χ3v) is 2.33. The summed E-state index contributed by atoms with van der Waals surface area (Å²) in [4.78, 5) is 26.2. The van der Waals surface area contributed by atoms with Gasteiger partial charge in [0.1, 0.15) is 12.1 Å². The van der Waals surface area contributed by atoms with Gasteiger partial charge >= 0.3 is 5.97 Å². The molecule has 98 valence electrons. The number of aromatic nitrogens is 1. The minimum atomic E-state index is -0.413. The lowest BCUT2D eigenvalue weighted by Gasteiger charge is -2.07. The molecule has 0 aliphatic rings. The zero-order valence-corrected chi connectivity index (χ0v) is 10.7. The van der Waals surface area contributed by atoms with E-state index in [1.54, 1.807) is 24.3 Å². The smallest absolute Gasteiger partial charge is 0.308 e. The van der Waals surface area contributed by atoms with Crippen LogP contribution >= 0.6 is 0 Å². The normalized spacial score (nSPS) is 10.2. The lowest BCUT2D eigenvalue weighted by molar-refractivity contribution is -0.131. The molecule has 0 unspecified atom stereocenters. The first-order valence-corrected chi connectivity index (χ1v) is 5.76. The molecule has 1 heterocycles. The molecule has 19 heavy (non-hydrogen) atoms. The fourth-order valence-corrected chi connectivity index (χ4v) is 1.60. The Kier molecular flexibility index (Phi) is 3.75. The molecule has 1 aromatic heterocycles. The zero-order chi connectivity index (χ0) is 13.8. The van der Waals surface area contributed by atoms with E-state index in [1.807, 2.05) is 6.07 Å². The number of para-hydroxylation sites is 1. The highest BCUT2D eigenvalue weighted by Gasteiger charge is 2.08. The quantitative estimate of drug-likeness (QED) is 0.621. The van der Waals surface area contributed by atoms with Crippen molar-refractivity contribution in [2.45, 2.75) is 13.8 Å². The standard InChI is InChI=1S/C14H13NO4/c1-9(16)8-18-13-7-6-11-4-3-5-12(14(11)15-13)19-10(2)17/h3-7H,8H2,1-2H3. The van der Waals surface area contributed by atoms with Crippen molar-refractivity contribution < 1.29 is 19.1 Å². The fraction of sp³-hybridized carbons (Fsp3) is 0.214. The number of benzene rings is 1. The van der Waals surface area contributed by atoms with Crippen molar-refractivity contribution in [1.29, 1.82) is 0 Å². The first-order valence-electron chi connectivity index (χ1n) is 5.76. The predicted molar refractivity (Wildman–Crippen MR) is 69.2 cm³/mol. The van der Waals surface area contributed by atoms with Gasteiger partial charge in [-0.25, -0.2) is 4.98 Å². The molecule has 0 saturated heterocycles. The summed E-state index contributed by atoms with van der Waals surface area (Å²) >= 11 is 0. The molecular formula is C14H13NO4. The van der Waals surface area contributed by atoms with E-state index in [1.165, 1.54) is 13.8 Å². The number of ether oxygens (including phenoxy) is 2. The summed E-state index contributed by atoms with van der Waals surface area (Å²) in [5, 5.41) is 0.828. The van der Waals surface area contributed by atoms with Crippen LogP contribution in [0.3, 0.4) is 0 Å². The van der Waals surface area contributed by atoms with Gasteiger partial charge in [-0.3, -0.25) is 9.59 Å². The Balaban J connectivity index is 2.38. The summed E-state index contributed by atoms with van der Waals surface area (Å²) in [7, 11) is 0. The van der Waals surface area contributed by atoms with Gasteiger partial charge in [0.15, 0.2) is 11.5 Å². The van der Waals surface area contributed by atoms with Crippen LogP contribution in [0.25, 0.3) is 10.9 Å². The Morgan fingerprint density at radius 1 is 1.16 bits per heavy atom. The number of hydrogen-bond acceptors (Lipinski definition) is 5. The lowest BCUT2D eigenvalue weighted by atomic mass is 10.2. The average Bonchev–Trinajstić information content (AvgIpc) is 2.36. The number of Topliss-reactive ketones (excluding diaryl/α,β-unsaturated/α-hetero) is 1. The number of nitrogens with zero attached hydrogens (tertiary/aromatic N) is 1. The molecule has 0 aliphatic carbocycles. The fourth-order valence-electron chi connectivity index (χ4n) is 1.60. The summed E-state index contributed by atoms with van der Waals surface area (Å²) in [6, 6.07) is 8.75. The van der Waals surface area contributed by atoms with Crippen LogP contribution in [-0.4, -0.2) is 23.3 Å². The van der Waals surface area contributed by atoms with Gasteiger partial charge in [-0.2, -0.15) is 0 Å². The number of rotatable bonds is 4. The number of carbonyl (C=O) groups excluding carboxylic acids is 2. The molecule has 0 radical (unpaired) electrons. The maximum atomic E-state index is 11.0. The summed E-state index contributed by atoms with van der Waals surface area (Å²) < 4.78 is 10.3. The van der Waals surface area contributed by atoms with Crippen LogP contribution in [0, 0.1) is 0 Å². The molecule has 2 aromatic rings. The van der Waals surface area contributed by atoms with E-state index in [2.05, 4.69) is 4.98 Å². The Hall–Kier alpha value is -2.43. The molecule has 0 spiro atoms. The first-order chi connectivity index (χ1) is 9.06. The van der Waals surface area contributed by atoms with Crippen molar-refractivity contribution in [1.82, 2.24) is 4.98 Å². The number of esters is 1. The van der Waals surface area contributed by atoms with Gasteiger partial charge in [-0.1, -0.05) is 12.1 Å². The highest BCUT2D eigenvalue weighted by atomic mass is 16.5. The highest BCUT2D eigenvalue weighted by molar-refractivity contribution is 5.87. The Morgan fingerprint density at radius 3 is 2.63 bits per heavy atom. The van der Waals surface area contributed by atoms with Gasteiger partial charge in [0, 0.05) is 18.4 Å². The minimum absolute atomic E-state index is 0.0335. The Labute approximate surface area is 110 Å². The minimum Gasteiger partial charge on any atom is -0.470 e. The van der Waals surface area contributed by atoms with E-state index in [-0.39, 0.29) is 12.4 Å².